The van der Waals surface area contributed by atoms with Gasteiger partial charge in [-0.25, -0.2) is 0 Å². The summed E-state index contributed by atoms with van der Waals surface area (Å²) in [6.45, 7) is 1.60. The summed E-state index contributed by atoms with van der Waals surface area (Å²) in [4.78, 5) is 11.2. The Balaban J connectivity index is 2.36. The normalized spacial score (nSPS) is 11.8. The van der Waals surface area contributed by atoms with Crippen LogP contribution >= 0.6 is 11.6 Å². The van der Waals surface area contributed by atoms with Crippen molar-refractivity contribution >= 4 is 17.6 Å². The molecule has 5 heteroatoms. The third-order valence-corrected chi connectivity index (χ3v) is 3.41. The summed E-state index contributed by atoms with van der Waals surface area (Å²) in [5.41, 5.74) is 0.551. The van der Waals surface area contributed by atoms with Gasteiger partial charge in [0.2, 0.25) is 0 Å². The molecule has 0 bridgehead atoms. The average molecular weight is 307 g/mol. The molecule has 2 aromatic rings. The molecule has 110 valence electrons. The quantitative estimate of drug-likeness (QED) is 0.893. The van der Waals surface area contributed by atoms with Gasteiger partial charge < -0.3 is 14.6 Å². The minimum absolute atomic E-state index is 0.487. The Morgan fingerprint density at radius 3 is 2.52 bits per heavy atom. The maximum absolute atomic E-state index is 11.2. The van der Waals surface area contributed by atoms with Crippen LogP contribution in [0.15, 0.2) is 42.5 Å². The maximum atomic E-state index is 11.2. The summed E-state index contributed by atoms with van der Waals surface area (Å²) in [5.74, 6) is -0.0976. The van der Waals surface area contributed by atoms with Gasteiger partial charge in [0.1, 0.15) is 17.2 Å². The largest absolute Gasteiger partial charge is 0.496 e. The van der Waals surface area contributed by atoms with Crippen molar-refractivity contribution in [3.05, 3.63) is 53.1 Å². The fourth-order valence-electron chi connectivity index (χ4n) is 1.90. The number of methoxy groups -OCH3 is 1. The summed E-state index contributed by atoms with van der Waals surface area (Å²) in [6, 6.07) is 12.1. The molecule has 0 aliphatic rings. The standard InChI is InChI=1S/C16H15ClO4/c1-10(16(18)19)12-9-11(7-8-14(12)20-2)21-15-6-4-3-5-13(15)17/h3-10H,1-2H3,(H,18,19). The molecule has 0 saturated carbocycles. The van der Waals surface area contributed by atoms with Crippen molar-refractivity contribution in [3.63, 3.8) is 0 Å². The molecular weight excluding hydrogens is 292 g/mol. The summed E-state index contributed by atoms with van der Waals surface area (Å²) in [5, 5.41) is 9.65. The third-order valence-electron chi connectivity index (χ3n) is 3.10. The zero-order valence-electron chi connectivity index (χ0n) is 11.7. The number of benzene rings is 2. The fraction of sp³-hybridized carbons (Fsp3) is 0.188. The first-order valence-corrected chi connectivity index (χ1v) is 6.74. The zero-order chi connectivity index (χ0) is 15.4. The molecule has 0 amide bonds. The van der Waals surface area contributed by atoms with Crippen molar-refractivity contribution in [1.82, 2.24) is 0 Å². The monoisotopic (exact) mass is 306 g/mol. The molecule has 0 spiro atoms. The highest BCUT2D eigenvalue weighted by Gasteiger charge is 2.19. The molecule has 2 aromatic carbocycles. The van der Waals surface area contributed by atoms with Crippen LogP contribution < -0.4 is 9.47 Å². The van der Waals surface area contributed by atoms with Gasteiger partial charge in [-0.15, -0.1) is 0 Å². The number of aliphatic carboxylic acids is 1. The third kappa shape index (κ3) is 3.47. The van der Waals surface area contributed by atoms with E-state index in [1.807, 2.05) is 6.07 Å². The van der Waals surface area contributed by atoms with E-state index in [9.17, 15) is 4.79 Å². The van der Waals surface area contributed by atoms with Crippen LogP contribution in [-0.2, 0) is 4.79 Å². The van der Waals surface area contributed by atoms with Gasteiger partial charge in [0.15, 0.2) is 0 Å². The molecule has 1 atom stereocenters. The van der Waals surface area contributed by atoms with E-state index in [0.717, 1.165) is 0 Å². The first-order chi connectivity index (χ1) is 10.0. The highest BCUT2D eigenvalue weighted by molar-refractivity contribution is 6.32. The van der Waals surface area contributed by atoms with Gasteiger partial charge in [-0.05, 0) is 37.3 Å². The lowest BCUT2D eigenvalue weighted by Gasteiger charge is -2.14. The van der Waals surface area contributed by atoms with Crippen molar-refractivity contribution in [2.24, 2.45) is 0 Å². The molecular formula is C16H15ClO4. The topological polar surface area (TPSA) is 55.8 Å². The van der Waals surface area contributed by atoms with Gasteiger partial charge in [-0.1, -0.05) is 23.7 Å². The summed E-state index contributed by atoms with van der Waals surface area (Å²) in [6.07, 6.45) is 0. The highest BCUT2D eigenvalue weighted by atomic mass is 35.5. The molecule has 1 N–H and O–H groups in total. The fourth-order valence-corrected chi connectivity index (χ4v) is 2.08. The van der Waals surface area contributed by atoms with Crippen LogP contribution in [0, 0.1) is 0 Å². The van der Waals surface area contributed by atoms with Crippen LogP contribution in [0.2, 0.25) is 5.02 Å². The molecule has 0 aliphatic heterocycles. The van der Waals surface area contributed by atoms with E-state index in [1.54, 1.807) is 43.3 Å². The van der Waals surface area contributed by atoms with Crippen LogP contribution in [0.5, 0.6) is 17.2 Å². The second-order valence-electron chi connectivity index (χ2n) is 4.50. The van der Waals surface area contributed by atoms with Gasteiger partial charge in [-0.2, -0.15) is 0 Å². The van der Waals surface area contributed by atoms with Gasteiger partial charge >= 0.3 is 5.97 Å². The Kier molecular flexibility index (Phi) is 4.70. The number of carboxylic acids is 1. The number of hydrogen-bond acceptors (Lipinski definition) is 3. The smallest absolute Gasteiger partial charge is 0.310 e. The van der Waals surface area contributed by atoms with Crippen molar-refractivity contribution in [1.29, 1.82) is 0 Å². The van der Waals surface area contributed by atoms with Gasteiger partial charge in [0.25, 0.3) is 0 Å². The first-order valence-electron chi connectivity index (χ1n) is 6.36. The molecule has 1 unspecified atom stereocenters. The van der Waals surface area contributed by atoms with Crippen molar-refractivity contribution in [2.45, 2.75) is 12.8 Å². The Hall–Kier alpha value is -2.20. The van der Waals surface area contributed by atoms with Crippen LogP contribution in [0.4, 0.5) is 0 Å². The number of halogens is 1. The lowest BCUT2D eigenvalue weighted by atomic mass is 10.00. The van der Waals surface area contributed by atoms with Crippen LogP contribution in [0.3, 0.4) is 0 Å². The lowest BCUT2D eigenvalue weighted by molar-refractivity contribution is -0.138. The van der Waals surface area contributed by atoms with E-state index < -0.39 is 11.9 Å². The number of carboxylic acid groups (broad SMARTS) is 1. The number of ether oxygens (including phenoxy) is 2. The predicted molar refractivity (Wildman–Crippen MR) is 80.6 cm³/mol. The van der Waals surface area contributed by atoms with Crippen molar-refractivity contribution in [3.8, 4) is 17.2 Å². The Labute approximate surface area is 127 Å². The second-order valence-corrected chi connectivity index (χ2v) is 4.90. The number of hydrogen-bond donors (Lipinski definition) is 1. The molecule has 0 aromatic heterocycles. The molecule has 0 aliphatic carbocycles. The summed E-state index contributed by atoms with van der Waals surface area (Å²) < 4.78 is 10.9. The minimum atomic E-state index is -0.928. The zero-order valence-corrected chi connectivity index (χ0v) is 12.4. The average Bonchev–Trinajstić information content (AvgIpc) is 2.48. The van der Waals surface area contributed by atoms with E-state index in [-0.39, 0.29) is 0 Å². The Bertz CT molecular complexity index is 654. The molecule has 0 fully saturated rings. The van der Waals surface area contributed by atoms with E-state index in [2.05, 4.69) is 0 Å². The van der Waals surface area contributed by atoms with Crippen molar-refractivity contribution < 1.29 is 19.4 Å². The van der Waals surface area contributed by atoms with Crippen LogP contribution in [0.25, 0.3) is 0 Å². The van der Waals surface area contributed by atoms with Gasteiger partial charge in [-0.3, -0.25) is 4.79 Å². The van der Waals surface area contributed by atoms with E-state index >= 15 is 0 Å². The van der Waals surface area contributed by atoms with Gasteiger partial charge in [0, 0.05) is 5.56 Å². The second kappa shape index (κ2) is 6.50. The minimum Gasteiger partial charge on any atom is -0.496 e. The van der Waals surface area contributed by atoms with E-state index in [4.69, 9.17) is 26.2 Å². The Morgan fingerprint density at radius 2 is 1.90 bits per heavy atom. The predicted octanol–water partition coefficient (Wildman–Crippen LogP) is 4.33. The van der Waals surface area contributed by atoms with E-state index in [1.165, 1.54) is 7.11 Å². The Morgan fingerprint density at radius 1 is 1.19 bits per heavy atom. The molecule has 0 saturated heterocycles. The van der Waals surface area contributed by atoms with E-state index in [0.29, 0.717) is 27.8 Å². The van der Waals surface area contributed by atoms with Crippen LogP contribution in [0.1, 0.15) is 18.4 Å². The number of carbonyl (C=O) groups is 1. The highest BCUT2D eigenvalue weighted by Crippen LogP contribution is 2.34. The molecule has 0 heterocycles. The SMILES string of the molecule is COc1ccc(Oc2ccccc2Cl)cc1C(C)C(=O)O. The van der Waals surface area contributed by atoms with Crippen LogP contribution in [-0.4, -0.2) is 18.2 Å². The summed E-state index contributed by atoms with van der Waals surface area (Å²) >= 11 is 6.04. The number of rotatable bonds is 5. The molecule has 0 radical (unpaired) electrons. The first kappa shape index (κ1) is 15.2. The summed E-state index contributed by atoms with van der Waals surface area (Å²) in [7, 11) is 1.50. The van der Waals surface area contributed by atoms with Crippen molar-refractivity contribution in [2.75, 3.05) is 7.11 Å². The maximum Gasteiger partial charge on any atom is 0.310 e. The number of para-hydroxylation sites is 1. The molecule has 4 nitrogen and oxygen atoms in total. The molecule has 2 rings (SSSR count). The molecule has 21 heavy (non-hydrogen) atoms. The lowest BCUT2D eigenvalue weighted by Crippen LogP contribution is -2.09. The van der Waals surface area contributed by atoms with Gasteiger partial charge in [0.05, 0.1) is 18.1 Å².